The molecule has 0 amide bonds. The molecule has 1 aliphatic rings. The zero-order chi connectivity index (χ0) is 15.9. The standard InChI is InChI=1S/C13H10NS.C5H8O2.Ir/c1-2-7-12-10(5-1)9-13(15-12)11-6-3-4-8-14-11;1-4(6)3-5(2)7;/h1-9,13H;3,6H,1-2H3;/q-1;;/b;4-3-;. The van der Waals surface area contributed by atoms with Crippen LogP contribution in [0.2, 0.25) is 0 Å². The SMILES string of the molecule is CC(=O)/C=C(/C)O.[Ir].c1ccc(C2[CH-]c3ccccc3S2)nc1. The smallest absolute Gasteiger partial charge is 0.155 e. The van der Waals surface area contributed by atoms with Crippen molar-refractivity contribution < 1.29 is 30.0 Å². The number of carbonyl (C=O) groups excluding carboxylic acids is 1. The van der Waals surface area contributed by atoms with E-state index in [2.05, 4.69) is 41.7 Å². The van der Waals surface area contributed by atoms with Crippen LogP contribution in [0.25, 0.3) is 0 Å². The van der Waals surface area contributed by atoms with Gasteiger partial charge in [-0.3, -0.25) is 9.78 Å². The van der Waals surface area contributed by atoms with Crippen LogP contribution in [0.3, 0.4) is 0 Å². The molecule has 123 valence electrons. The normalized spacial score (nSPS) is 15.4. The molecule has 3 nitrogen and oxygen atoms in total. The van der Waals surface area contributed by atoms with Gasteiger partial charge in [0, 0.05) is 43.3 Å². The van der Waals surface area contributed by atoms with Gasteiger partial charge < -0.3 is 5.11 Å². The number of allylic oxidation sites excluding steroid dienone is 2. The molecule has 1 aromatic carbocycles. The van der Waals surface area contributed by atoms with E-state index in [1.54, 1.807) is 0 Å². The van der Waals surface area contributed by atoms with Crippen LogP contribution in [-0.4, -0.2) is 15.9 Å². The molecule has 1 aliphatic heterocycles. The maximum Gasteiger partial charge on any atom is 0.155 e. The molecule has 2 aromatic rings. The van der Waals surface area contributed by atoms with Crippen molar-refractivity contribution in [3.8, 4) is 0 Å². The average molecular weight is 505 g/mol. The summed E-state index contributed by atoms with van der Waals surface area (Å²) in [6.07, 6.45) is 5.30. The van der Waals surface area contributed by atoms with Crippen LogP contribution in [0, 0.1) is 6.42 Å². The number of thioether (sulfide) groups is 1. The number of aliphatic hydroxyl groups is 1. The van der Waals surface area contributed by atoms with Crippen LogP contribution in [0.1, 0.15) is 30.4 Å². The first-order chi connectivity index (χ1) is 10.6. The van der Waals surface area contributed by atoms with Crippen LogP contribution in [0.15, 0.2) is 65.4 Å². The van der Waals surface area contributed by atoms with Crippen LogP contribution in [0.4, 0.5) is 0 Å². The molecule has 1 atom stereocenters. The molecule has 0 fully saturated rings. The summed E-state index contributed by atoms with van der Waals surface area (Å²) < 4.78 is 0. The Bertz CT molecular complexity index is 645. The second-order valence-corrected chi connectivity index (χ2v) is 6.08. The quantitative estimate of drug-likeness (QED) is 0.371. The molecule has 0 spiro atoms. The Morgan fingerprint density at radius 1 is 1.22 bits per heavy atom. The molecular formula is C18H18IrNO2S-. The largest absolute Gasteiger partial charge is 0.512 e. The zero-order valence-corrected chi connectivity index (χ0v) is 16.1. The molecular weight excluding hydrogens is 486 g/mol. The first kappa shape index (κ1) is 19.5. The van der Waals surface area contributed by atoms with Gasteiger partial charge in [-0.05, 0) is 26.0 Å². The first-order valence-electron chi connectivity index (χ1n) is 6.95. The molecule has 0 saturated carbocycles. The van der Waals surface area contributed by atoms with Gasteiger partial charge in [-0.25, -0.2) is 0 Å². The third-order valence-electron chi connectivity index (χ3n) is 2.90. The van der Waals surface area contributed by atoms with E-state index in [0.717, 1.165) is 5.69 Å². The van der Waals surface area contributed by atoms with Crippen molar-refractivity contribution in [1.82, 2.24) is 4.98 Å². The molecule has 1 radical (unpaired) electrons. The molecule has 5 heteroatoms. The minimum atomic E-state index is -0.125. The number of fused-ring (bicyclic) bond motifs is 1. The van der Waals surface area contributed by atoms with Crippen molar-refractivity contribution in [2.24, 2.45) is 0 Å². The molecule has 0 bridgehead atoms. The molecule has 0 aliphatic carbocycles. The number of rotatable bonds is 2. The summed E-state index contributed by atoms with van der Waals surface area (Å²) in [5.74, 6) is -0.0625. The van der Waals surface area contributed by atoms with Gasteiger partial charge in [0.2, 0.25) is 0 Å². The topological polar surface area (TPSA) is 50.2 Å². The number of hydrogen-bond donors (Lipinski definition) is 1. The van der Waals surface area contributed by atoms with Crippen LogP contribution >= 0.6 is 11.8 Å². The number of aromatic nitrogens is 1. The van der Waals surface area contributed by atoms with Gasteiger partial charge in [0.25, 0.3) is 0 Å². The maximum atomic E-state index is 10.0. The zero-order valence-electron chi connectivity index (χ0n) is 12.9. The van der Waals surface area contributed by atoms with E-state index < -0.39 is 0 Å². The number of ketones is 1. The summed E-state index contributed by atoms with van der Waals surface area (Å²) in [7, 11) is 0. The van der Waals surface area contributed by atoms with E-state index in [4.69, 9.17) is 5.11 Å². The molecule has 2 heterocycles. The number of pyridine rings is 1. The number of hydrogen-bond acceptors (Lipinski definition) is 4. The van der Waals surface area contributed by atoms with E-state index in [0.29, 0.717) is 5.25 Å². The molecule has 0 saturated heterocycles. The number of benzene rings is 1. The van der Waals surface area contributed by atoms with Crippen LogP contribution in [0.5, 0.6) is 0 Å². The van der Waals surface area contributed by atoms with Crippen molar-refractivity contribution in [3.05, 3.63) is 78.2 Å². The minimum Gasteiger partial charge on any atom is -0.512 e. The fraction of sp³-hybridized carbons (Fsp3) is 0.167. The summed E-state index contributed by atoms with van der Waals surface area (Å²) in [6, 6.07) is 14.6. The Labute approximate surface area is 154 Å². The van der Waals surface area contributed by atoms with Gasteiger partial charge in [0.05, 0.1) is 5.76 Å². The Hall–Kier alpha value is -1.55. The molecule has 23 heavy (non-hydrogen) atoms. The molecule has 1 aromatic heterocycles. The monoisotopic (exact) mass is 505 g/mol. The number of nitrogens with zero attached hydrogens (tertiary/aromatic N) is 1. The van der Waals surface area contributed by atoms with Crippen LogP contribution in [-0.2, 0) is 24.9 Å². The van der Waals surface area contributed by atoms with E-state index in [1.807, 2.05) is 30.1 Å². The molecule has 1 unspecified atom stereocenters. The minimum absolute atomic E-state index is 0. The molecule has 3 rings (SSSR count). The van der Waals surface area contributed by atoms with Crippen molar-refractivity contribution in [2.45, 2.75) is 24.0 Å². The second-order valence-electron chi connectivity index (χ2n) is 4.89. The fourth-order valence-corrected chi connectivity index (χ4v) is 3.22. The van der Waals surface area contributed by atoms with E-state index in [1.165, 1.54) is 30.4 Å². The van der Waals surface area contributed by atoms with Crippen molar-refractivity contribution in [3.63, 3.8) is 0 Å². The van der Waals surface area contributed by atoms with Gasteiger partial charge >= 0.3 is 0 Å². The number of carbonyl (C=O) groups is 1. The summed E-state index contributed by atoms with van der Waals surface area (Å²) in [4.78, 5) is 15.8. The molecule has 1 N–H and O–H groups in total. The Balaban J connectivity index is 0.000000287. The van der Waals surface area contributed by atoms with Gasteiger partial charge in [0.1, 0.15) is 0 Å². The predicted octanol–water partition coefficient (Wildman–Crippen LogP) is 4.52. The summed E-state index contributed by atoms with van der Waals surface area (Å²) >= 11 is 1.87. The average Bonchev–Trinajstić information content (AvgIpc) is 2.91. The summed E-state index contributed by atoms with van der Waals surface area (Å²) in [5, 5.41) is 8.74. The predicted molar refractivity (Wildman–Crippen MR) is 89.7 cm³/mol. The third kappa shape index (κ3) is 6.22. The summed E-state index contributed by atoms with van der Waals surface area (Å²) in [5.41, 5.74) is 2.47. The van der Waals surface area contributed by atoms with E-state index >= 15 is 0 Å². The first-order valence-corrected chi connectivity index (χ1v) is 7.83. The summed E-state index contributed by atoms with van der Waals surface area (Å²) in [6.45, 7) is 2.85. The second kappa shape index (κ2) is 9.56. The van der Waals surface area contributed by atoms with Gasteiger partial charge in [-0.1, -0.05) is 17.0 Å². The number of aliphatic hydroxyl groups excluding tert-OH is 1. The van der Waals surface area contributed by atoms with Crippen molar-refractivity contribution >= 4 is 17.5 Å². The Morgan fingerprint density at radius 3 is 2.43 bits per heavy atom. The van der Waals surface area contributed by atoms with Gasteiger partial charge in [-0.2, -0.15) is 29.8 Å². The van der Waals surface area contributed by atoms with Crippen LogP contribution < -0.4 is 0 Å². The Morgan fingerprint density at radius 2 is 1.91 bits per heavy atom. The van der Waals surface area contributed by atoms with Gasteiger partial charge in [-0.15, -0.1) is 12.1 Å². The third-order valence-corrected chi connectivity index (χ3v) is 4.15. The Kier molecular flexibility index (Phi) is 8.10. The van der Waals surface area contributed by atoms with E-state index in [-0.39, 0.29) is 31.6 Å². The van der Waals surface area contributed by atoms with Crippen molar-refractivity contribution in [2.75, 3.05) is 0 Å². The van der Waals surface area contributed by atoms with E-state index in [9.17, 15) is 4.79 Å². The van der Waals surface area contributed by atoms with Crippen molar-refractivity contribution in [1.29, 1.82) is 0 Å². The maximum absolute atomic E-state index is 10.0. The van der Waals surface area contributed by atoms with Gasteiger partial charge in [0.15, 0.2) is 5.78 Å². The fourth-order valence-electron chi connectivity index (χ4n) is 2.04.